The van der Waals surface area contributed by atoms with E-state index >= 15 is 0 Å². The molecule has 13 aromatic rings. The Morgan fingerprint density at radius 1 is 0.325 bits per heavy atom. The second kappa shape index (κ2) is 16.8. The number of benzene rings is 12. The summed E-state index contributed by atoms with van der Waals surface area (Å²) in [6, 6.07) is 108. The van der Waals surface area contributed by atoms with Crippen LogP contribution in [0.25, 0.3) is 55.3 Å². The maximum absolute atomic E-state index is 6.74. The SMILES string of the molecule is c1ccc(N2c3ccccc3C3(c4ccccc4-c4c(N(c5cccc(-c6cccc7c6oc6ccccc67)c5)c5ccc6c(c5)C(c5ccccc5)(c5ccccc5)c5ccccc5-6)cccc43)c3ccccc32)cc1. The van der Waals surface area contributed by atoms with Crippen LogP contribution >= 0.6 is 0 Å². The van der Waals surface area contributed by atoms with Crippen molar-refractivity contribution < 1.29 is 4.42 Å². The summed E-state index contributed by atoms with van der Waals surface area (Å²) in [4.78, 5) is 4.99. The molecule has 3 aliphatic rings. The van der Waals surface area contributed by atoms with E-state index in [0.29, 0.717) is 0 Å². The first-order chi connectivity index (χ1) is 38.2. The highest BCUT2D eigenvalue weighted by Gasteiger charge is 2.53. The van der Waals surface area contributed by atoms with Crippen molar-refractivity contribution in [3.8, 4) is 33.4 Å². The van der Waals surface area contributed by atoms with Crippen LogP contribution < -0.4 is 9.80 Å². The molecule has 16 rings (SSSR count). The number of hydrogen-bond donors (Lipinski definition) is 0. The lowest BCUT2D eigenvalue weighted by Gasteiger charge is -2.45. The molecule has 0 amide bonds. The van der Waals surface area contributed by atoms with Gasteiger partial charge in [0.15, 0.2) is 0 Å². The molecule has 12 aromatic carbocycles. The molecule has 0 bridgehead atoms. The van der Waals surface area contributed by atoms with Gasteiger partial charge in [0.2, 0.25) is 0 Å². The van der Waals surface area contributed by atoms with Crippen LogP contribution in [0.4, 0.5) is 34.1 Å². The Labute approximate surface area is 447 Å². The monoisotopic (exact) mass is 980 g/mol. The lowest BCUT2D eigenvalue weighted by molar-refractivity contribution is 0.670. The Kier molecular flexibility index (Phi) is 9.47. The van der Waals surface area contributed by atoms with E-state index in [-0.39, 0.29) is 0 Å². The molecule has 360 valence electrons. The Morgan fingerprint density at radius 2 is 0.844 bits per heavy atom. The molecule has 0 radical (unpaired) electrons. The third-order valence-electron chi connectivity index (χ3n) is 16.9. The van der Waals surface area contributed by atoms with Gasteiger partial charge in [-0.25, -0.2) is 0 Å². The van der Waals surface area contributed by atoms with E-state index in [9.17, 15) is 0 Å². The number of fused-ring (bicyclic) bond motifs is 15. The van der Waals surface area contributed by atoms with Crippen molar-refractivity contribution in [1.29, 1.82) is 0 Å². The van der Waals surface area contributed by atoms with Gasteiger partial charge in [-0.2, -0.15) is 0 Å². The van der Waals surface area contributed by atoms with Gasteiger partial charge in [0.25, 0.3) is 0 Å². The first kappa shape index (κ1) is 43.4. The molecule has 0 N–H and O–H groups in total. The van der Waals surface area contributed by atoms with Crippen LogP contribution in [0.2, 0.25) is 0 Å². The minimum absolute atomic E-state index is 0.593. The topological polar surface area (TPSA) is 19.6 Å². The van der Waals surface area contributed by atoms with Crippen molar-refractivity contribution >= 4 is 56.1 Å². The van der Waals surface area contributed by atoms with E-state index in [1.54, 1.807) is 0 Å². The molecule has 2 heterocycles. The lowest BCUT2D eigenvalue weighted by Crippen LogP contribution is -2.36. The number of nitrogens with zero attached hydrogens (tertiary/aromatic N) is 2. The van der Waals surface area contributed by atoms with Crippen LogP contribution in [0.15, 0.2) is 296 Å². The fourth-order valence-corrected chi connectivity index (χ4v) is 14.0. The first-order valence-corrected chi connectivity index (χ1v) is 26.7. The van der Waals surface area contributed by atoms with Gasteiger partial charge in [0, 0.05) is 39.0 Å². The number of hydrogen-bond acceptors (Lipinski definition) is 3. The summed E-state index contributed by atoms with van der Waals surface area (Å²) >= 11 is 0. The summed E-state index contributed by atoms with van der Waals surface area (Å²) in [5, 5.41) is 2.23. The maximum Gasteiger partial charge on any atom is 0.143 e. The van der Waals surface area contributed by atoms with E-state index in [0.717, 1.165) is 55.8 Å². The molecule has 0 saturated heterocycles. The summed E-state index contributed by atoms with van der Waals surface area (Å²) in [6.07, 6.45) is 0. The minimum Gasteiger partial charge on any atom is -0.455 e. The average Bonchev–Trinajstić information content (AvgIpc) is 4.36. The lowest BCUT2D eigenvalue weighted by atomic mass is 9.64. The summed E-state index contributed by atoms with van der Waals surface area (Å²) in [6.45, 7) is 0. The molecule has 1 spiro atoms. The van der Waals surface area contributed by atoms with Crippen LogP contribution in [0.5, 0.6) is 0 Å². The predicted molar refractivity (Wildman–Crippen MR) is 317 cm³/mol. The standard InChI is InChI=1S/C74H48N2O/c1-4-24-50(25-5-1)73(51-26-6-2-7-27-51)61-36-13-10-31-56(61)57-46-45-54(48-66(57)73)75(53-30-20-23-49(47-53)55-34-21-35-59-58-32-12-19-44-70(58)77-72(55)59)69-43-22-40-65-71(69)60-33-11-14-37-62(60)74(65)63-38-15-17-41-67(63)76(52-28-8-3-9-29-52)68-42-18-16-39-64(68)74/h1-48H. The van der Waals surface area contributed by atoms with Gasteiger partial charge in [-0.1, -0.05) is 231 Å². The van der Waals surface area contributed by atoms with Gasteiger partial charge in [0.05, 0.1) is 27.9 Å². The van der Waals surface area contributed by atoms with Gasteiger partial charge >= 0.3 is 0 Å². The van der Waals surface area contributed by atoms with Crippen molar-refractivity contribution in [3.63, 3.8) is 0 Å². The number of furan rings is 1. The molecular formula is C74H48N2O. The number of para-hydroxylation sites is 5. The highest BCUT2D eigenvalue weighted by Crippen LogP contribution is 2.66. The van der Waals surface area contributed by atoms with Gasteiger partial charge in [-0.05, 0) is 127 Å². The van der Waals surface area contributed by atoms with Crippen molar-refractivity contribution in [1.82, 2.24) is 0 Å². The van der Waals surface area contributed by atoms with Crippen molar-refractivity contribution in [3.05, 3.63) is 336 Å². The van der Waals surface area contributed by atoms with Crippen LogP contribution in [0.1, 0.15) is 44.5 Å². The Hall–Kier alpha value is -9.96. The van der Waals surface area contributed by atoms with E-state index in [4.69, 9.17) is 4.42 Å². The zero-order valence-corrected chi connectivity index (χ0v) is 42.0. The summed E-state index contributed by atoms with van der Waals surface area (Å²) in [7, 11) is 0. The highest BCUT2D eigenvalue weighted by atomic mass is 16.3. The number of rotatable bonds is 7. The quantitative estimate of drug-likeness (QED) is 0.159. The summed E-state index contributed by atoms with van der Waals surface area (Å²) < 4.78 is 6.74. The Balaban J connectivity index is 0.990. The molecule has 3 nitrogen and oxygen atoms in total. The highest BCUT2D eigenvalue weighted by molar-refractivity contribution is 6.10. The van der Waals surface area contributed by atoms with Gasteiger partial charge in [0.1, 0.15) is 11.2 Å². The molecule has 1 aliphatic heterocycles. The van der Waals surface area contributed by atoms with Crippen LogP contribution in [-0.2, 0) is 10.8 Å². The predicted octanol–water partition coefficient (Wildman–Crippen LogP) is 19.2. The van der Waals surface area contributed by atoms with Gasteiger partial charge < -0.3 is 14.2 Å². The van der Waals surface area contributed by atoms with Gasteiger partial charge in [-0.3, -0.25) is 0 Å². The second-order valence-electron chi connectivity index (χ2n) is 20.6. The first-order valence-electron chi connectivity index (χ1n) is 26.7. The van der Waals surface area contributed by atoms with Gasteiger partial charge in [-0.15, -0.1) is 0 Å². The molecule has 2 aliphatic carbocycles. The van der Waals surface area contributed by atoms with E-state index in [1.165, 1.54) is 78.1 Å². The molecule has 3 heteroatoms. The third kappa shape index (κ3) is 6.02. The zero-order chi connectivity index (χ0) is 50.7. The Bertz CT molecular complexity index is 4390. The molecule has 0 unspecified atom stereocenters. The van der Waals surface area contributed by atoms with Crippen LogP contribution in [0.3, 0.4) is 0 Å². The second-order valence-corrected chi connectivity index (χ2v) is 20.6. The van der Waals surface area contributed by atoms with Crippen LogP contribution in [0, 0.1) is 0 Å². The zero-order valence-electron chi connectivity index (χ0n) is 42.0. The average molecular weight is 981 g/mol. The summed E-state index contributed by atoms with van der Waals surface area (Å²) in [5.41, 5.74) is 24.3. The van der Waals surface area contributed by atoms with Crippen LogP contribution in [-0.4, -0.2) is 0 Å². The van der Waals surface area contributed by atoms with E-state index < -0.39 is 10.8 Å². The van der Waals surface area contributed by atoms with Crippen molar-refractivity contribution in [2.24, 2.45) is 0 Å². The normalized spacial score (nSPS) is 13.9. The summed E-state index contributed by atoms with van der Waals surface area (Å²) in [5.74, 6) is 0. The fraction of sp³-hybridized carbons (Fsp3) is 0.0270. The largest absolute Gasteiger partial charge is 0.455 e. The third-order valence-corrected chi connectivity index (χ3v) is 16.9. The van der Waals surface area contributed by atoms with Crippen molar-refractivity contribution in [2.45, 2.75) is 10.8 Å². The van der Waals surface area contributed by atoms with Crippen molar-refractivity contribution in [2.75, 3.05) is 9.80 Å². The van der Waals surface area contributed by atoms with E-state index in [2.05, 4.69) is 295 Å². The van der Waals surface area contributed by atoms with E-state index in [1.807, 2.05) is 6.07 Å². The minimum atomic E-state index is -0.639. The number of anilines is 6. The molecule has 0 atom stereocenters. The fourth-order valence-electron chi connectivity index (χ4n) is 14.0. The maximum atomic E-state index is 6.74. The molecule has 0 saturated carbocycles. The molecule has 1 aromatic heterocycles. The Morgan fingerprint density at radius 3 is 1.57 bits per heavy atom. The molecule has 0 fully saturated rings. The molecule has 77 heavy (non-hydrogen) atoms. The smallest absolute Gasteiger partial charge is 0.143 e. The molecular weight excluding hydrogens is 933 g/mol.